The Bertz CT molecular complexity index is 270. The Labute approximate surface area is 65.3 Å². The molecule has 0 spiro atoms. The van der Waals surface area contributed by atoms with E-state index in [4.69, 9.17) is 11.0 Å². The standard InChI is InChI=1S/C7H10N4/c1-2-6(5-8)11-4-3-10-7(11)9/h3-4,6H,2H2,1H3,(H2,9,10). The van der Waals surface area contributed by atoms with Crippen molar-refractivity contribution >= 4 is 5.95 Å². The fraction of sp³-hybridized carbons (Fsp3) is 0.429. The summed E-state index contributed by atoms with van der Waals surface area (Å²) in [6.07, 6.45) is 4.05. The van der Waals surface area contributed by atoms with E-state index in [9.17, 15) is 0 Å². The zero-order valence-corrected chi connectivity index (χ0v) is 6.36. The highest BCUT2D eigenvalue weighted by Gasteiger charge is 2.08. The topological polar surface area (TPSA) is 67.6 Å². The van der Waals surface area contributed by atoms with Crippen LogP contribution in [-0.4, -0.2) is 9.55 Å². The van der Waals surface area contributed by atoms with Gasteiger partial charge in [0, 0.05) is 12.4 Å². The smallest absolute Gasteiger partial charge is 0.201 e. The molecule has 2 N–H and O–H groups in total. The molecule has 4 heteroatoms. The number of nitrogens with zero attached hydrogens (tertiary/aromatic N) is 3. The first-order valence-corrected chi connectivity index (χ1v) is 3.47. The Balaban J connectivity index is 2.92. The molecule has 1 aromatic heterocycles. The minimum Gasteiger partial charge on any atom is -0.369 e. The van der Waals surface area contributed by atoms with Crippen LogP contribution in [0.1, 0.15) is 19.4 Å². The Morgan fingerprint density at radius 1 is 1.91 bits per heavy atom. The van der Waals surface area contributed by atoms with E-state index in [1.54, 1.807) is 17.0 Å². The summed E-state index contributed by atoms with van der Waals surface area (Å²) in [4.78, 5) is 3.82. The highest BCUT2D eigenvalue weighted by atomic mass is 15.2. The van der Waals surface area contributed by atoms with Crippen LogP contribution in [-0.2, 0) is 0 Å². The van der Waals surface area contributed by atoms with Gasteiger partial charge in [0.1, 0.15) is 6.04 Å². The third-order valence-corrected chi connectivity index (χ3v) is 1.57. The third-order valence-electron chi connectivity index (χ3n) is 1.57. The summed E-state index contributed by atoms with van der Waals surface area (Å²) in [6, 6.07) is 1.96. The molecule has 1 aromatic rings. The minimum absolute atomic E-state index is 0.183. The number of nitrogens with two attached hydrogens (primary N) is 1. The number of aromatic nitrogens is 2. The Hall–Kier alpha value is -1.50. The molecule has 0 radical (unpaired) electrons. The van der Waals surface area contributed by atoms with Crippen molar-refractivity contribution in [2.75, 3.05) is 5.73 Å². The van der Waals surface area contributed by atoms with E-state index < -0.39 is 0 Å². The molecule has 11 heavy (non-hydrogen) atoms. The Morgan fingerprint density at radius 3 is 3.00 bits per heavy atom. The second kappa shape index (κ2) is 3.06. The lowest BCUT2D eigenvalue weighted by Crippen LogP contribution is -2.08. The molecule has 0 aliphatic rings. The number of imidazole rings is 1. The van der Waals surface area contributed by atoms with E-state index in [0.29, 0.717) is 5.95 Å². The van der Waals surface area contributed by atoms with Crippen LogP contribution in [0.25, 0.3) is 0 Å². The number of anilines is 1. The maximum atomic E-state index is 8.67. The predicted molar refractivity (Wildman–Crippen MR) is 41.6 cm³/mol. The molecule has 0 saturated heterocycles. The number of hydrogen-bond acceptors (Lipinski definition) is 3. The number of rotatable bonds is 2. The summed E-state index contributed by atoms with van der Waals surface area (Å²) >= 11 is 0. The largest absolute Gasteiger partial charge is 0.369 e. The van der Waals surface area contributed by atoms with Gasteiger partial charge < -0.3 is 10.3 Å². The molecule has 1 unspecified atom stereocenters. The van der Waals surface area contributed by atoms with Crippen molar-refractivity contribution in [1.82, 2.24) is 9.55 Å². The fourth-order valence-electron chi connectivity index (χ4n) is 0.938. The molecule has 0 amide bonds. The van der Waals surface area contributed by atoms with Crippen molar-refractivity contribution in [3.8, 4) is 6.07 Å². The highest BCUT2D eigenvalue weighted by molar-refractivity contribution is 5.19. The first-order valence-electron chi connectivity index (χ1n) is 3.47. The Kier molecular flexibility index (Phi) is 2.12. The zero-order valence-electron chi connectivity index (χ0n) is 6.36. The van der Waals surface area contributed by atoms with Gasteiger partial charge >= 0.3 is 0 Å². The van der Waals surface area contributed by atoms with Crippen LogP contribution < -0.4 is 5.73 Å². The average molecular weight is 150 g/mol. The second-order valence-corrected chi connectivity index (χ2v) is 2.25. The van der Waals surface area contributed by atoms with Crippen molar-refractivity contribution in [3.05, 3.63) is 12.4 Å². The van der Waals surface area contributed by atoms with E-state index in [0.717, 1.165) is 6.42 Å². The maximum absolute atomic E-state index is 8.67. The van der Waals surface area contributed by atoms with Gasteiger partial charge in [-0.3, -0.25) is 0 Å². The Morgan fingerprint density at radius 2 is 2.64 bits per heavy atom. The molecule has 0 saturated carbocycles. The van der Waals surface area contributed by atoms with E-state index >= 15 is 0 Å². The molecule has 0 fully saturated rings. The molecule has 0 aliphatic carbocycles. The average Bonchev–Trinajstić information content (AvgIpc) is 2.40. The molecule has 1 atom stereocenters. The van der Waals surface area contributed by atoms with Crippen molar-refractivity contribution in [3.63, 3.8) is 0 Å². The van der Waals surface area contributed by atoms with Crippen molar-refractivity contribution in [2.45, 2.75) is 19.4 Å². The van der Waals surface area contributed by atoms with Crippen LogP contribution in [0.4, 0.5) is 5.95 Å². The first-order chi connectivity index (χ1) is 5.29. The van der Waals surface area contributed by atoms with Gasteiger partial charge in [-0.1, -0.05) is 6.92 Å². The van der Waals surface area contributed by atoms with Gasteiger partial charge in [0.2, 0.25) is 5.95 Å². The van der Waals surface area contributed by atoms with E-state index in [1.807, 2.05) is 6.92 Å². The molecular weight excluding hydrogens is 140 g/mol. The lowest BCUT2D eigenvalue weighted by atomic mass is 10.2. The van der Waals surface area contributed by atoms with E-state index in [2.05, 4.69) is 11.1 Å². The molecule has 1 rings (SSSR count). The fourth-order valence-corrected chi connectivity index (χ4v) is 0.938. The summed E-state index contributed by atoms with van der Waals surface area (Å²) in [5.41, 5.74) is 5.49. The summed E-state index contributed by atoms with van der Waals surface area (Å²) in [5.74, 6) is 0.401. The lowest BCUT2D eigenvalue weighted by molar-refractivity contribution is 0.605. The van der Waals surface area contributed by atoms with Crippen LogP contribution >= 0.6 is 0 Å². The molecule has 4 nitrogen and oxygen atoms in total. The van der Waals surface area contributed by atoms with Crippen molar-refractivity contribution in [1.29, 1.82) is 5.26 Å². The van der Waals surface area contributed by atoms with Gasteiger partial charge in [-0.15, -0.1) is 0 Å². The summed E-state index contributed by atoms with van der Waals surface area (Å²) in [7, 11) is 0. The van der Waals surface area contributed by atoms with Crippen LogP contribution in [0.15, 0.2) is 12.4 Å². The second-order valence-electron chi connectivity index (χ2n) is 2.25. The molecule has 58 valence electrons. The summed E-state index contributed by atoms with van der Waals surface area (Å²) in [5, 5.41) is 8.67. The number of nitrogen functional groups attached to an aromatic ring is 1. The molecular formula is C7H10N4. The minimum atomic E-state index is -0.183. The van der Waals surface area contributed by atoms with E-state index in [-0.39, 0.29) is 6.04 Å². The third kappa shape index (κ3) is 1.32. The number of nitriles is 1. The monoisotopic (exact) mass is 150 g/mol. The number of hydrogen-bond donors (Lipinski definition) is 1. The lowest BCUT2D eigenvalue weighted by Gasteiger charge is -2.07. The van der Waals surface area contributed by atoms with Gasteiger partial charge in [-0.05, 0) is 6.42 Å². The van der Waals surface area contributed by atoms with Gasteiger partial charge in [0.05, 0.1) is 6.07 Å². The van der Waals surface area contributed by atoms with Crippen molar-refractivity contribution in [2.24, 2.45) is 0 Å². The zero-order chi connectivity index (χ0) is 8.27. The SMILES string of the molecule is CCC(C#N)n1ccnc1N. The highest BCUT2D eigenvalue weighted by Crippen LogP contribution is 2.12. The van der Waals surface area contributed by atoms with Gasteiger partial charge in [0.25, 0.3) is 0 Å². The van der Waals surface area contributed by atoms with E-state index in [1.165, 1.54) is 0 Å². The maximum Gasteiger partial charge on any atom is 0.201 e. The molecule has 0 aliphatic heterocycles. The van der Waals surface area contributed by atoms with Gasteiger partial charge in [-0.25, -0.2) is 4.98 Å². The first kappa shape index (κ1) is 7.61. The summed E-state index contributed by atoms with van der Waals surface area (Å²) < 4.78 is 1.67. The van der Waals surface area contributed by atoms with Crippen LogP contribution in [0, 0.1) is 11.3 Å². The van der Waals surface area contributed by atoms with Crippen LogP contribution in [0.5, 0.6) is 0 Å². The van der Waals surface area contributed by atoms with Crippen LogP contribution in [0.2, 0.25) is 0 Å². The molecule has 1 heterocycles. The quantitative estimate of drug-likeness (QED) is 0.682. The molecule has 0 bridgehead atoms. The summed E-state index contributed by atoms with van der Waals surface area (Å²) in [6.45, 7) is 1.94. The normalized spacial score (nSPS) is 12.4. The van der Waals surface area contributed by atoms with Gasteiger partial charge in [0.15, 0.2) is 0 Å². The van der Waals surface area contributed by atoms with Crippen molar-refractivity contribution < 1.29 is 0 Å². The predicted octanol–water partition coefficient (Wildman–Crippen LogP) is 0.940. The van der Waals surface area contributed by atoms with Gasteiger partial charge in [-0.2, -0.15) is 5.26 Å². The molecule has 0 aromatic carbocycles. The van der Waals surface area contributed by atoms with Crippen LogP contribution in [0.3, 0.4) is 0 Å².